The molecule has 1 nitrogen and oxygen atoms in total. The van der Waals surface area contributed by atoms with Crippen LogP contribution < -0.4 is 0 Å². The van der Waals surface area contributed by atoms with Crippen molar-refractivity contribution in [2.24, 2.45) is 0 Å². The van der Waals surface area contributed by atoms with Crippen LogP contribution in [0.1, 0.15) is 29.0 Å². The maximum absolute atomic E-state index is 12.9. The van der Waals surface area contributed by atoms with Gasteiger partial charge in [-0.25, -0.2) is 0 Å². The highest BCUT2D eigenvalue weighted by atomic mass is 16.1. The lowest BCUT2D eigenvalue weighted by Crippen LogP contribution is -2.14. The zero-order valence-electron chi connectivity index (χ0n) is 13.1. The number of hydrogen-bond acceptors (Lipinski definition) is 1. The second-order valence-corrected chi connectivity index (χ2v) is 5.71. The quantitative estimate of drug-likeness (QED) is 0.624. The van der Waals surface area contributed by atoms with Crippen molar-refractivity contribution in [2.75, 3.05) is 0 Å². The van der Waals surface area contributed by atoms with Crippen molar-refractivity contribution >= 4 is 5.78 Å². The van der Waals surface area contributed by atoms with Gasteiger partial charge in [-0.1, -0.05) is 91.0 Å². The van der Waals surface area contributed by atoms with E-state index in [0.29, 0.717) is 6.42 Å². The van der Waals surface area contributed by atoms with Crippen LogP contribution in [0, 0.1) is 0 Å². The molecule has 0 amide bonds. The molecule has 0 N–H and O–H groups in total. The molecule has 0 aliphatic rings. The molecule has 0 unspecified atom stereocenters. The summed E-state index contributed by atoms with van der Waals surface area (Å²) in [6.07, 6.45) is 1.34. The fourth-order valence-corrected chi connectivity index (χ4v) is 2.91. The van der Waals surface area contributed by atoms with Gasteiger partial charge in [0.25, 0.3) is 0 Å². The Morgan fingerprint density at radius 1 is 0.652 bits per heavy atom. The normalized spacial score (nSPS) is 10.7. The van der Waals surface area contributed by atoms with Gasteiger partial charge in [0, 0.05) is 6.42 Å². The molecule has 3 aromatic rings. The standard InChI is InChI=1S/C22H20O/c23-21(17-16-18-10-4-1-5-11-18)22(19-12-6-2-7-13-19)20-14-8-3-9-15-20/h1-15,22H,16-17H2. The molecule has 0 aliphatic heterocycles. The summed E-state index contributed by atoms with van der Waals surface area (Å²) < 4.78 is 0. The van der Waals surface area contributed by atoms with Crippen molar-refractivity contribution < 1.29 is 4.79 Å². The van der Waals surface area contributed by atoms with E-state index in [-0.39, 0.29) is 11.7 Å². The number of Topliss-reactive ketones (excluding diaryl/α,β-unsaturated/α-hetero) is 1. The molecule has 0 heterocycles. The van der Waals surface area contributed by atoms with E-state index in [2.05, 4.69) is 12.1 Å². The Morgan fingerprint density at radius 3 is 1.57 bits per heavy atom. The number of ketones is 1. The fraction of sp³-hybridized carbons (Fsp3) is 0.136. The third kappa shape index (κ3) is 3.95. The molecule has 0 aromatic heterocycles. The van der Waals surface area contributed by atoms with Gasteiger partial charge in [0.05, 0.1) is 5.92 Å². The minimum absolute atomic E-state index is 0.180. The summed E-state index contributed by atoms with van der Waals surface area (Å²) in [5.41, 5.74) is 3.34. The Bertz CT molecular complexity index is 693. The molecule has 3 rings (SSSR count). The number of rotatable bonds is 6. The van der Waals surface area contributed by atoms with Crippen LogP contribution in [0.25, 0.3) is 0 Å². The molecule has 0 bridgehead atoms. The van der Waals surface area contributed by atoms with E-state index in [0.717, 1.165) is 17.5 Å². The van der Waals surface area contributed by atoms with Gasteiger partial charge < -0.3 is 0 Å². The van der Waals surface area contributed by atoms with Crippen LogP contribution in [0.2, 0.25) is 0 Å². The van der Waals surface area contributed by atoms with Gasteiger partial charge in [0.2, 0.25) is 0 Å². The summed E-state index contributed by atoms with van der Waals surface area (Å²) in [5, 5.41) is 0. The molecule has 0 spiro atoms. The first-order valence-electron chi connectivity index (χ1n) is 8.01. The van der Waals surface area contributed by atoms with E-state index >= 15 is 0 Å². The van der Waals surface area contributed by atoms with Gasteiger partial charge >= 0.3 is 0 Å². The molecule has 114 valence electrons. The minimum Gasteiger partial charge on any atom is -0.299 e. The molecule has 0 saturated heterocycles. The van der Waals surface area contributed by atoms with Crippen LogP contribution in [0.4, 0.5) is 0 Å². The van der Waals surface area contributed by atoms with E-state index in [1.54, 1.807) is 0 Å². The van der Waals surface area contributed by atoms with Crippen LogP contribution in [0.5, 0.6) is 0 Å². The molecule has 0 atom stereocenters. The summed E-state index contributed by atoms with van der Waals surface area (Å²) in [6, 6.07) is 30.3. The summed E-state index contributed by atoms with van der Waals surface area (Å²) >= 11 is 0. The van der Waals surface area contributed by atoms with Gasteiger partial charge in [-0.05, 0) is 23.1 Å². The van der Waals surface area contributed by atoms with Gasteiger partial charge in [-0.3, -0.25) is 4.79 Å². The SMILES string of the molecule is O=C(CCc1ccccc1)C(c1ccccc1)c1ccccc1. The molecular formula is C22H20O. The molecule has 1 heteroatoms. The van der Waals surface area contributed by atoms with Crippen molar-refractivity contribution in [2.45, 2.75) is 18.8 Å². The summed E-state index contributed by atoms with van der Waals surface area (Å²) in [4.78, 5) is 12.9. The number of carbonyl (C=O) groups is 1. The van der Waals surface area contributed by atoms with Crippen molar-refractivity contribution in [3.05, 3.63) is 108 Å². The number of aryl methyl sites for hydroxylation is 1. The third-order valence-electron chi connectivity index (χ3n) is 4.09. The Balaban J connectivity index is 1.82. The molecule has 0 aliphatic carbocycles. The van der Waals surface area contributed by atoms with E-state index in [1.807, 2.05) is 78.9 Å². The fourth-order valence-electron chi connectivity index (χ4n) is 2.91. The van der Waals surface area contributed by atoms with E-state index < -0.39 is 0 Å². The topological polar surface area (TPSA) is 17.1 Å². The first kappa shape index (κ1) is 15.2. The summed E-state index contributed by atoms with van der Waals surface area (Å²) in [6.45, 7) is 0. The number of hydrogen-bond donors (Lipinski definition) is 0. The monoisotopic (exact) mass is 300 g/mol. The van der Waals surface area contributed by atoms with Crippen LogP contribution >= 0.6 is 0 Å². The molecule has 0 saturated carbocycles. The van der Waals surface area contributed by atoms with Gasteiger partial charge in [-0.2, -0.15) is 0 Å². The second kappa shape index (κ2) is 7.55. The number of carbonyl (C=O) groups excluding carboxylic acids is 1. The predicted molar refractivity (Wildman–Crippen MR) is 94.5 cm³/mol. The lowest BCUT2D eigenvalue weighted by molar-refractivity contribution is -0.119. The minimum atomic E-state index is -0.180. The van der Waals surface area contributed by atoms with E-state index in [9.17, 15) is 4.79 Å². The van der Waals surface area contributed by atoms with Crippen LogP contribution in [-0.2, 0) is 11.2 Å². The Morgan fingerprint density at radius 2 is 1.09 bits per heavy atom. The number of benzene rings is 3. The average Bonchev–Trinajstić information content (AvgIpc) is 2.63. The maximum atomic E-state index is 12.9. The zero-order chi connectivity index (χ0) is 15.9. The highest BCUT2D eigenvalue weighted by molar-refractivity contribution is 5.89. The third-order valence-corrected chi connectivity index (χ3v) is 4.09. The van der Waals surface area contributed by atoms with Crippen LogP contribution in [0.3, 0.4) is 0 Å². The Kier molecular flexibility index (Phi) is 5.00. The largest absolute Gasteiger partial charge is 0.299 e. The average molecular weight is 300 g/mol. The lowest BCUT2D eigenvalue weighted by Gasteiger charge is -2.17. The highest BCUT2D eigenvalue weighted by Gasteiger charge is 2.21. The molecule has 3 aromatic carbocycles. The first-order valence-corrected chi connectivity index (χ1v) is 8.01. The lowest BCUT2D eigenvalue weighted by atomic mass is 9.85. The molecule has 23 heavy (non-hydrogen) atoms. The predicted octanol–water partition coefficient (Wildman–Crippen LogP) is 5.02. The highest BCUT2D eigenvalue weighted by Crippen LogP contribution is 2.27. The van der Waals surface area contributed by atoms with Gasteiger partial charge in [0.15, 0.2) is 0 Å². The Labute approximate surface area is 137 Å². The molecule has 0 radical (unpaired) electrons. The smallest absolute Gasteiger partial charge is 0.145 e. The van der Waals surface area contributed by atoms with Gasteiger partial charge in [0.1, 0.15) is 5.78 Å². The first-order chi connectivity index (χ1) is 11.3. The van der Waals surface area contributed by atoms with Crippen molar-refractivity contribution in [3.63, 3.8) is 0 Å². The van der Waals surface area contributed by atoms with Crippen LogP contribution in [0.15, 0.2) is 91.0 Å². The van der Waals surface area contributed by atoms with Crippen LogP contribution in [-0.4, -0.2) is 5.78 Å². The van der Waals surface area contributed by atoms with E-state index in [1.165, 1.54) is 5.56 Å². The second-order valence-electron chi connectivity index (χ2n) is 5.71. The molecule has 0 fully saturated rings. The zero-order valence-corrected chi connectivity index (χ0v) is 13.1. The summed E-state index contributed by atoms with van der Waals surface area (Å²) in [5.74, 6) is 0.0902. The summed E-state index contributed by atoms with van der Waals surface area (Å²) in [7, 11) is 0. The van der Waals surface area contributed by atoms with Crippen molar-refractivity contribution in [1.29, 1.82) is 0 Å². The Hall–Kier alpha value is -2.67. The van der Waals surface area contributed by atoms with Crippen molar-refractivity contribution in [3.8, 4) is 0 Å². The van der Waals surface area contributed by atoms with E-state index in [4.69, 9.17) is 0 Å². The molecular weight excluding hydrogens is 280 g/mol. The maximum Gasteiger partial charge on any atom is 0.145 e. The van der Waals surface area contributed by atoms with Crippen molar-refractivity contribution in [1.82, 2.24) is 0 Å². The van der Waals surface area contributed by atoms with Gasteiger partial charge in [-0.15, -0.1) is 0 Å².